The minimum absolute atomic E-state index is 0.250. The van der Waals surface area contributed by atoms with Crippen molar-refractivity contribution in [3.05, 3.63) is 40.8 Å². The Labute approximate surface area is 228 Å². The van der Waals surface area contributed by atoms with Crippen LogP contribution in [0.5, 0.6) is 0 Å². The molecule has 1 aromatic carbocycles. The summed E-state index contributed by atoms with van der Waals surface area (Å²) in [5, 5.41) is 13.3. The van der Waals surface area contributed by atoms with Gasteiger partial charge in [0.25, 0.3) is 0 Å². The van der Waals surface area contributed by atoms with Gasteiger partial charge < -0.3 is 24.4 Å². The molecule has 2 aliphatic heterocycles. The summed E-state index contributed by atoms with van der Waals surface area (Å²) in [5.74, 6) is 2.56. The summed E-state index contributed by atoms with van der Waals surface area (Å²) in [6, 6.07) is 6.09. The molecule has 10 nitrogen and oxygen atoms in total. The smallest absolute Gasteiger partial charge is 0.410 e. The van der Waals surface area contributed by atoms with Crippen molar-refractivity contribution >= 4 is 34.4 Å². The highest BCUT2D eigenvalue weighted by Crippen LogP contribution is 2.36. The van der Waals surface area contributed by atoms with E-state index in [4.69, 9.17) is 26.2 Å². The van der Waals surface area contributed by atoms with Crippen LogP contribution in [-0.2, 0) is 9.47 Å². The van der Waals surface area contributed by atoms with Gasteiger partial charge in [-0.25, -0.2) is 19.4 Å². The Morgan fingerprint density at radius 2 is 1.71 bits per heavy atom. The van der Waals surface area contributed by atoms with Crippen LogP contribution in [0.3, 0.4) is 0 Å². The summed E-state index contributed by atoms with van der Waals surface area (Å²) in [6.07, 6.45) is 3.22. The van der Waals surface area contributed by atoms with E-state index in [0.29, 0.717) is 32.1 Å². The summed E-state index contributed by atoms with van der Waals surface area (Å²) >= 11 is 6.74. The molecule has 0 saturated carbocycles. The molecule has 2 fully saturated rings. The van der Waals surface area contributed by atoms with Crippen LogP contribution in [0, 0.1) is 6.92 Å². The Kier molecular flexibility index (Phi) is 8.74. The van der Waals surface area contributed by atoms with Gasteiger partial charge in [0, 0.05) is 49.8 Å². The molecular weight excluding hydrogens is 508 g/mol. The summed E-state index contributed by atoms with van der Waals surface area (Å²) in [5.41, 5.74) is 1.53. The van der Waals surface area contributed by atoms with Gasteiger partial charge in [0.05, 0.1) is 24.9 Å². The predicted molar refractivity (Wildman–Crippen MR) is 147 cm³/mol. The molecule has 0 spiro atoms. The van der Waals surface area contributed by atoms with E-state index >= 15 is 0 Å². The molecular formula is C27H37ClN6O4. The number of carbonyl (C=O) groups is 1. The number of aliphatic hydroxyl groups is 1. The Morgan fingerprint density at radius 3 is 2.37 bits per heavy atom. The molecule has 3 aromatic rings. The standard InChI is InChI=1S/C26H33ClN6O3.CH4O/c1-17-29-23(31-9-11-35-12-10-31)15-24(30-17)33-22-14-20(21(27)13-19(22)16-28-33)18-5-7-32(8-6-18)25(34)36-26(2,3)4;1-2/h13-16,18H,5-12H2,1-4H3;2H,1H3. The lowest BCUT2D eigenvalue weighted by Crippen LogP contribution is -2.41. The van der Waals surface area contributed by atoms with Crippen molar-refractivity contribution in [3.63, 3.8) is 0 Å². The predicted octanol–water partition coefficient (Wildman–Crippen LogP) is 4.34. The van der Waals surface area contributed by atoms with Crippen molar-refractivity contribution in [3.8, 4) is 5.82 Å². The first-order chi connectivity index (χ1) is 18.2. The average Bonchev–Trinajstić information content (AvgIpc) is 3.31. The monoisotopic (exact) mass is 544 g/mol. The third-order valence-electron chi connectivity index (χ3n) is 6.64. The fourth-order valence-corrected chi connectivity index (χ4v) is 5.18. The van der Waals surface area contributed by atoms with E-state index in [9.17, 15) is 4.79 Å². The SMILES string of the molecule is CO.Cc1nc(N2CCOCC2)cc(-n2ncc3cc(Cl)c(C4CCN(C(=O)OC(C)(C)C)CC4)cc32)n1. The minimum Gasteiger partial charge on any atom is -0.444 e. The van der Waals surface area contributed by atoms with Gasteiger partial charge in [-0.3, -0.25) is 0 Å². The highest BCUT2D eigenvalue weighted by Gasteiger charge is 2.29. The molecule has 0 bridgehead atoms. The first-order valence-corrected chi connectivity index (χ1v) is 13.3. The molecule has 2 aromatic heterocycles. The summed E-state index contributed by atoms with van der Waals surface area (Å²) in [4.78, 5) is 25.8. The molecule has 2 aliphatic rings. The van der Waals surface area contributed by atoms with Crippen molar-refractivity contribution in [2.24, 2.45) is 0 Å². The number of benzene rings is 1. The van der Waals surface area contributed by atoms with Gasteiger partial charge >= 0.3 is 6.09 Å². The van der Waals surface area contributed by atoms with Crippen LogP contribution < -0.4 is 4.90 Å². The average molecular weight is 545 g/mol. The summed E-state index contributed by atoms with van der Waals surface area (Å²) in [6.45, 7) is 11.8. The number of nitrogens with zero attached hydrogens (tertiary/aromatic N) is 6. The molecule has 0 unspecified atom stereocenters. The van der Waals surface area contributed by atoms with E-state index in [0.717, 1.165) is 66.2 Å². The number of likely N-dealkylation sites (tertiary alicyclic amines) is 1. The van der Waals surface area contributed by atoms with Crippen molar-refractivity contribution in [2.75, 3.05) is 51.4 Å². The van der Waals surface area contributed by atoms with Crippen LogP contribution in [0.15, 0.2) is 24.4 Å². The van der Waals surface area contributed by atoms with Gasteiger partial charge in [0.2, 0.25) is 0 Å². The maximum atomic E-state index is 12.5. The number of hydrogen-bond acceptors (Lipinski definition) is 8. The number of hydrogen-bond donors (Lipinski definition) is 1. The Morgan fingerprint density at radius 1 is 1.05 bits per heavy atom. The number of fused-ring (bicyclic) bond motifs is 1. The van der Waals surface area contributed by atoms with Crippen LogP contribution in [0.25, 0.3) is 16.7 Å². The molecule has 0 radical (unpaired) electrons. The molecule has 5 rings (SSSR count). The van der Waals surface area contributed by atoms with E-state index in [2.05, 4.69) is 26.0 Å². The van der Waals surface area contributed by atoms with E-state index in [1.807, 2.05) is 50.7 Å². The number of amides is 1. The fourth-order valence-electron chi connectivity index (χ4n) is 4.86. The van der Waals surface area contributed by atoms with E-state index in [-0.39, 0.29) is 12.0 Å². The Hall–Kier alpha value is -2.95. The van der Waals surface area contributed by atoms with Crippen molar-refractivity contribution in [1.29, 1.82) is 0 Å². The van der Waals surface area contributed by atoms with Crippen LogP contribution >= 0.6 is 11.6 Å². The molecule has 0 aliphatic carbocycles. The molecule has 11 heteroatoms. The maximum Gasteiger partial charge on any atom is 0.410 e. The second-order valence-electron chi connectivity index (χ2n) is 10.5. The van der Waals surface area contributed by atoms with Gasteiger partial charge in [-0.15, -0.1) is 0 Å². The van der Waals surface area contributed by atoms with Gasteiger partial charge in [0.1, 0.15) is 17.2 Å². The zero-order valence-electron chi connectivity index (χ0n) is 22.8. The van der Waals surface area contributed by atoms with E-state index in [1.54, 1.807) is 4.90 Å². The fraction of sp³-hybridized carbons (Fsp3) is 0.556. The van der Waals surface area contributed by atoms with Gasteiger partial charge in [0.15, 0.2) is 5.82 Å². The van der Waals surface area contributed by atoms with Crippen LogP contribution in [0.1, 0.15) is 50.9 Å². The molecule has 1 N–H and O–H groups in total. The molecule has 206 valence electrons. The van der Waals surface area contributed by atoms with Crippen molar-refractivity contribution in [1.82, 2.24) is 24.6 Å². The quantitative estimate of drug-likeness (QED) is 0.519. The zero-order chi connectivity index (χ0) is 27.4. The lowest BCUT2D eigenvalue weighted by atomic mass is 9.89. The summed E-state index contributed by atoms with van der Waals surface area (Å²) in [7, 11) is 1.00. The topological polar surface area (TPSA) is 106 Å². The largest absolute Gasteiger partial charge is 0.444 e. The number of aliphatic hydroxyl groups excluding tert-OH is 1. The van der Waals surface area contributed by atoms with Gasteiger partial charge in [-0.2, -0.15) is 5.10 Å². The van der Waals surface area contributed by atoms with Gasteiger partial charge in [-0.05, 0) is 64.2 Å². The lowest BCUT2D eigenvalue weighted by Gasteiger charge is -2.34. The number of carbonyl (C=O) groups excluding carboxylic acids is 1. The van der Waals surface area contributed by atoms with E-state index < -0.39 is 5.60 Å². The first kappa shape index (κ1) is 28.1. The van der Waals surface area contributed by atoms with E-state index in [1.165, 1.54) is 0 Å². The third kappa shape index (κ3) is 6.36. The highest BCUT2D eigenvalue weighted by atomic mass is 35.5. The van der Waals surface area contributed by atoms with Crippen molar-refractivity contribution in [2.45, 2.75) is 52.1 Å². The second kappa shape index (κ2) is 11.8. The lowest BCUT2D eigenvalue weighted by molar-refractivity contribution is 0.0205. The summed E-state index contributed by atoms with van der Waals surface area (Å²) < 4.78 is 12.9. The molecule has 38 heavy (non-hydrogen) atoms. The number of morpholine rings is 1. The number of aromatic nitrogens is 4. The number of halogens is 1. The number of ether oxygens (including phenoxy) is 2. The number of piperidine rings is 1. The van der Waals surface area contributed by atoms with Crippen LogP contribution in [-0.4, -0.2) is 88.0 Å². The van der Waals surface area contributed by atoms with Crippen LogP contribution in [0.2, 0.25) is 5.02 Å². The Bertz CT molecular complexity index is 1260. The molecule has 1 amide bonds. The molecule has 2 saturated heterocycles. The van der Waals surface area contributed by atoms with Crippen molar-refractivity contribution < 1.29 is 19.4 Å². The maximum absolute atomic E-state index is 12.5. The number of anilines is 1. The third-order valence-corrected chi connectivity index (χ3v) is 6.96. The molecule has 0 atom stereocenters. The van der Waals surface area contributed by atoms with Crippen LogP contribution in [0.4, 0.5) is 10.6 Å². The number of aryl methyl sites for hydroxylation is 1. The first-order valence-electron chi connectivity index (χ1n) is 13.0. The second-order valence-corrected chi connectivity index (χ2v) is 10.9. The molecule has 4 heterocycles. The zero-order valence-corrected chi connectivity index (χ0v) is 23.5. The Balaban J connectivity index is 0.00000164. The minimum atomic E-state index is -0.498. The highest BCUT2D eigenvalue weighted by molar-refractivity contribution is 6.32. The van der Waals surface area contributed by atoms with Gasteiger partial charge in [-0.1, -0.05) is 11.6 Å². The number of rotatable bonds is 3. The normalized spacial score (nSPS) is 16.8.